The van der Waals surface area contributed by atoms with Gasteiger partial charge in [0.1, 0.15) is 5.76 Å². The predicted octanol–water partition coefficient (Wildman–Crippen LogP) is 3.03. The first-order valence-electron chi connectivity index (χ1n) is 6.03. The van der Waals surface area contributed by atoms with Gasteiger partial charge in [0.2, 0.25) is 0 Å². The molecule has 2 aliphatic carbocycles. The number of rotatable bonds is 1. The summed E-state index contributed by atoms with van der Waals surface area (Å²) in [5, 5.41) is 0. The van der Waals surface area contributed by atoms with E-state index in [4.69, 9.17) is 4.74 Å². The van der Waals surface area contributed by atoms with Crippen molar-refractivity contribution in [1.29, 1.82) is 0 Å². The average molecular weight is 215 g/mol. The monoisotopic (exact) mass is 215 g/mol. The number of methoxy groups -OCH3 is 1. The molecule has 0 fully saturated rings. The fourth-order valence-corrected chi connectivity index (χ4v) is 3.01. The van der Waals surface area contributed by atoms with Crippen LogP contribution in [0.5, 0.6) is 0 Å². The van der Waals surface area contributed by atoms with E-state index in [-0.39, 0.29) is 0 Å². The number of allylic oxidation sites excluding steroid dienone is 5. The summed E-state index contributed by atoms with van der Waals surface area (Å²) in [5.41, 5.74) is 4.09. The Kier molecular flexibility index (Phi) is 2.23. The third-order valence-corrected chi connectivity index (χ3v) is 3.74. The van der Waals surface area contributed by atoms with E-state index < -0.39 is 0 Å². The maximum absolute atomic E-state index is 5.45. The highest BCUT2D eigenvalue weighted by Crippen LogP contribution is 2.43. The third kappa shape index (κ3) is 1.36. The second-order valence-electron chi connectivity index (χ2n) is 4.84. The normalized spacial score (nSPS) is 31.9. The van der Waals surface area contributed by atoms with Crippen molar-refractivity contribution in [3.63, 3.8) is 0 Å². The first-order valence-corrected chi connectivity index (χ1v) is 6.03. The van der Waals surface area contributed by atoms with Crippen molar-refractivity contribution in [3.05, 3.63) is 34.6 Å². The maximum Gasteiger partial charge on any atom is 0.128 e. The van der Waals surface area contributed by atoms with E-state index in [9.17, 15) is 0 Å². The smallest absolute Gasteiger partial charge is 0.128 e. The van der Waals surface area contributed by atoms with Crippen LogP contribution in [0.3, 0.4) is 0 Å². The fraction of sp³-hybridized carbons (Fsp3) is 0.500. The van der Waals surface area contributed by atoms with E-state index in [1.165, 1.54) is 36.0 Å². The highest BCUT2D eigenvalue weighted by Gasteiger charge is 2.32. The lowest BCUT2D eigenvalue weighted by Crippen LogP contribution is -2.13. The molecular formula is C14H17NO. The van der Waals surface area contributed by atoms with Crippen molar-refractivity contribution in [3.8, 4) is 0 Å². The molecule has 1 heterocycles. The van der Waals surface area contributed by atoms with Crippen LogP contribution in [0.4, 0.5) is 0 Å². The predicted molar refractivity (Wildman–Crippen MR) is 65.5 cm³/mol. The molecule has 0 spiro atoms. The minimum Gasteiger partial charge on any atom is -0.496 e. The molecule has 0 radical (unpaired) electrons. The molecule has 0 amide bonds. The highest BCUT2D eigenvalue weighted by molar-refractivity contribution is 5.90. The Labute approximate surface area is 96.4 Å². The quantitative estimate of drug-likeness (QED) is 0.659. The molecule has 0 N–H and O–H groups in total. The minimum atomic E-state index is 0.438. The molecule has 0 aromatic carbocycles. The van der Waals surface area contributed by atoms with Crippen LogP contribution in [0, 0.1) is 5.92 Å². The number of aliphatic imine (C=N–C) groups is 1. The van der Waals surface area contributed by atoms with E-state index in [2.05, 4.69) is 24.1 Å². The summed E-state index contributed by atoms with van der Waals surface area (Å²) in [6, 6.07) is 0.438. The molecule has 2 nitrogen and oxygen atoms in total. The van der Waals surface area contributed by atoms with Gasteiger partial charge in [-0.2, -0.15) is 0 Å². The molecule has 0 aromatic rings. The topological polar surface area (TPSA) is 21.6 Å². The van der Waals surface area contributed by atoms with Gasteiger partial charge in [-0.05, 0) is 49.3 Å². The standard InChI is InChI=1S/C14H17NO/c1-9-6-10-4-3-5-11-7-13(16-2)12(8-15-9)14(10)11/h5,7-10H,3-4,6H2,1-2H3. The van der Waals surface area contributed by atoms with Crippen molar-refractivity contribution in [2.75, 3.05) is 7.11 Å². The van der Waals surface area contributed by atoms with Gasteiger partial charge in [0.15, 0.2) is 0 Å². The van der Waals surface area contributed by atoms with Gasteiger partial charge in [0.05, 0.1) is 7.11 Å². The lowest BCUT2D eigenvalue weighted by molar-refractivity contribution is 0.305. The third-order valence-electron chi connectivity index (χ3n) is 3.74. The summed E-state index contributed by atoms with van der Waals surface area (Å²) in [5.74, 6) is 1.67. The Bertz CT molecular complexity index is 440. The van der Waals surface area contributed by atoms with Gasteiger partial charge in [0.25, 0.3) is 0 Å². The molecule has 1 aliphatic heterocycles. The Hall–Kier alpha value is -1.31. The summed E-state index contributed by atoms with van der Waals surface area (Å²) in [6.45, 7) is 2.20. The van der Waals surface area contributed by atoms with E-state index in [0.717, 1.165) is 5.76 Å². The molecular weight excluding hydrogens is 198 g/mol. The van der Waals surface area contributed by atoms with Crippen molar-refractivity contribution in [1.82, 2.24) is 0 Å². The van der Waals surface area contributed by atoms with Gasteiger partial charge in [-0.25, -0.2) is 0 Å². The van der Waals surface area contributed by atoms with Gasteiger partial charge in [-0.15, -0.1) is 0 Å². The molecule has 16 heavy (non-hydrogen) atoms. The Morgan fingerprint density at radius 3 is 3.12 bits per heavy atom. The molecule has 2 atom stereocenters. The van der Waals surface area contributed by atoms with E-state index in [1.807, 2.05) is 6.21 Å². The van der Waals surface area contributed by atoms with Crippen LogP contribution in [0.25, 0.3) is 0 Å². The van der Waals surface area contributed by atoms with E-state index in [1.54, 1.807) is 7.11 Å². The van der Waals surface area contributed by atoms with Gasteiger partial charge < -0.3 is 4.74 Å². The first-order chi connectivity index (χ1) is 7.79. The average Bonchev–Trinajstić information content (AvgIpc) is 2.55. The van der Waals surface area contributed by atoms with Gasteiger partial charge >= 0.3 is 0 Å². The van der Waals surface area contributed by atoms with Crippen LogP contribution >= 0.6 is 0 Å². The van der Waals surface area contributed by atoms with Crippen LogP contribution in [-0.2, 0) is 4.74 Å². The largest absolute Gasteiger partial charge is 0.496 e. The van der Waals surface area contributed by atoms with Gasteiger partial charge in [-0.3, -0.25) is 4.99 Å². The van der Waals surface area contributed by atoms with Gasteiger partial charge in [-0.1, -0.05) is 6.08 Å². The van der Waals surface area contributed by atoms with Crippen LogP contribution in [0.2, 0.25) is 0 Å². The van der Waals surface area contributed by atoms with Crippen molar-refractivity contribution >= 4 is 6.21 Å². The summed E-state index contributed by atoms with van der Waals surface area (Å²) in [4.78, 5) is 4.59. The molecule has 2 heteroatoms. The SMILES string of the molecule is COC1=CC2=CCCC3CC(C)N=CC1=C23. The van der Waals surface area contributed by atoms with Crippen LogP contribution in [0.1, 0.15) is 26.2 Å². The lowest BCUT2D eigenvalue weighted by atomic mass is 9.81. The molecule has 0 aromatic heterocycles. The molecule has 84 valence electrons. The van der Waals surface area contributed by atoms with E-state index >= 15 is 0 Å². The number of ether oxygens (including phenoxy) is 1. The molecule has 2 unspecified atom stereocenters. The molecule has 0 saturated heterocycles. The fourth-order valence-electron chi connectivity index (χ4n) is 3.01. The van der Waals surface area contributed by atoms with Crippen LogP contribution < -0.4 is 0 Å². The minimum absolute atomic E-state index is 0.438. The zero-order valence-electron chi connectivity index (χ0n) is 9.86. The number of hydrogen-bond donors (Lipinski definition) is 0. The second kappa shape index (κ2) is 3.62. The Morgan fingerprint density at radius 2 is 2.31 bits per heavy atom. The van der Waals surface area contributed by atoms with Crippen molar-refractivity contribution < 1.29 is 4.74 Å². The zero-order chi connectivity index (χ0) is 11.1. The van der Waals surface area contributed by atoms with Crippen LogP contribution in [0.15, 0.2) is 39.6 Å². The van der Waals surface area contributed by atoms with Crippen molar-refractivity contribution in [2.24, 2.45) is 10.9 Å². The summed E-state index contributed by atoms with van der Waals surface area (Å²) in [7, 11) is 1.74. The first kappa shape index (κ1) is 9.88. The highest BCUT2D eigenvalue weighted by atomic mass is 16.5. The molecule has 0 saturated carbocycles. The molecule has 3 rings (SSSR count). The summed E-state index contributed by atoms with van der Waals surface area (Å²) < 4.78 is 5.45. The van der Waals surface area contributed by atoms with E-state index in [0.29, 0.717) is 12.0 Å². The molecule has 3 aliphatic rings. The van der Waals surface area contributed by atoms with Gasteiger partial charge in [0, 0.05) is 17.8 Å². The van der Waals surface area contributed by atoms with Crippen LogP contribution in [-0.4, -0.2) is 19.4 Å². The maximum atomic E-state index is 5.45. The Morgan fingerprint density at radius 1 is 1.44 bits per heavy atom. The lowest BCUT2D eigenvalue weighted by Gasteiger charge is -2.23. The number of nitrogens with zero attached hydrogens (tertiary/aromatic N) is 1. The number of hydrogen-bond acceptors (Lipinski definition) is 2. The zero-order valence-corrected chi connectivity index (χ0v) is 9.86. The summed E-state index contributed by atoms with van der Waals surface area (Å²) in [6.07, 6.45) is 10.2. The van der Waals surface area contributed by atoms with Crippen molar-refractivity contribution in [2.45, 2.75) is 32.2 Å². The molecule has 0 bridgehead atoms. The summed E-state index contributed by atoms with van der Waals surface area (Å²) >= 11 is 0. The Balaban J connectivity index is 2.12. The second-order valence-corrected chi connectivity index (χ2v) is 4.84.